The fourth-order valence-corrected chi connectivity index (χ4v) is 7.64. The number of allylic oxidation sites excluding steroid dienone is 1. The molecule has 2 aliphatic heterocycles. The molecular weight excluding hydrogens is 452 g/mol. The number of hydrogen-bond acceptors (Lipinski definition) is 10. The van der Waals surface area contributed by atoms with Gasteiger partial charge in [0.2, 0.25) is 11.7 Å². The van der Waals surface area contributed by atoms with Gasteiger partial charge in [-0.05, 0) is 24.7 Å². The largest absolute Gasteiger partial charge is 0.481 e. The van der Waals surface area contributed by atoms with Crippen LogP contribution < -0.4 is 0 Å². The van der Waals surface area contributed by atoms with Crippen LogP contribution in [0.15, 0.2) is 12.2 Å². The Hall–Kier alpha value is -2.50. The molecule has 11 nitrogen and oxygen atoms in total. The smallest absolute Gasteiger partial charge is 0.348 e. The Bertz CT molecular complexity index is 961. The van der Waals surface area contributed by atoms with E-state index in [0.717, 1.165) is 14.0 Å². The number of hydrogen-bond donors (Lipinski definition) is 3. The van der Waals surface area contributed by atoms with E-state index in [2.05, 4.69) is 6.58 Å². The molecule has 11 heteroatoms. The summed E-state index contributed by atoms with van der Waals surface area (Å²) in [7, 11) is 1.07. The molecule has 3 N–H and O–H groups in total. The van der Waals surface area contributed by atoms with Gasteiger partial charge >= 0.3 is 23.9 Å². The van der Waals surface area contributed by atoms with E-state index < -0.39 is 88.9 Å². The van der Waals surface area contributed by atoms with Crippen molar-refractivity contribution in [2.75, 3.05) is 13.7 Å². The number of methoxy groups -OCH3 is 1. The molecule has 2 saturated carbocycles. The van der Waals surface area contributed by atoms with Crippen LogP contribution in [0.3, 0.4) is 0 Å². The number of esters is 3. The maximum absolute atomic E-state index is 13.1. The summed E-state index contributed by atoms with van der Waals surface area (Å²) in [5, 5.41) is 32.6. The summed E-state index contributed by atoms with van der Waals surface area (Å²) in [5.74, 6) is -6.69. The number of carboxylic acid groups (broad SMARTS) is 1. The fraction of sp³-hybridized carbons (Fsp3) is 0.739. The molecule has 2 aliphatic carbocycles. The minimum absolute atomic E-state index is 0.161. The van der Waals surface area contributed by atoms with Crippen LogP contribution in [0.2, 0.25) is 0 Å². The Morgan fingerprint density at radius 2 is 1.85 bits per heavy atom. The second-order valence-electron chi connectivity index (χ2n) is 10.2. The Morgan fingerprint density at radius 1 is 1.21 bits per heavy atom. The lowest BCUT2D eigenvalue weighted by Gasteiger charge is -2.66. The van der Waals surface area contributed by atoms with Crippen LogP contribution >= 0.6 is 0 Å². The third kappa shape index (κ3) is 2.86. The molecular formula is C23H30O11. The Morgan fingerprint density at radius 3 is 2.38 bits per heavy atom. The topological polar surface area (TPSA) is 166 Å². The number of ether oxygens (including phenoxy) is 4. The van der Waals surface area contributed by atoms with E-state index in [0.29, 0.717) is 5.57 Å². The van der Waals surface area contributed by atoms with Crippen molar-refractivity contribution >= 4 is 23.9 Å². The van der Waals surface area contributed by atoms with Gasteiger partial charge in [0.15, 0.2) is 0 Å². The minimum atomic E-state index is -2.22. The first kappa shape index (κ1) is 24.6. The number of carboxylic acids is 1. The number of aliphatic carboxylic acids is 1. The van der Waals surface area contributed by atoms with Gasteiger partial charge in [-0.1, -0.05) is 19.1 Å². The molecule has 0 amide bonds. The van der Waals surface area contributed by atoms with E-state index in [1.807, 2.05) is 0 Å². The average Bonchev–Trinajstić information content (AvgIpc) is 3.03. The number of aliphatic hydroxyl groups excluding tert-OH is 2. The highest BCUT2D eigenvalue weighted by Crippen LogP contribution is 2.72. The lowest BCUT2D eigenvalue weighted by molar-refractivity contribution is -0.290. The summed E-state index contributed by atoms with van der Waals surface area (Å²) < 4.78 is 21.9. The van der Waals surface area contributed by atoms with Gasteiger partial charge in [0.05, 0.1) is 32.2 Å². The molecule has 10 atom stereocenters. The lowest BCUT2D eigenvalue weighted by atomic mass is 9.39. The zero-order chi connectivity index (χ0) is 25.4. The Labute approximate surface area is 196 Å². The summed E-state index contributed by atoms with van der Waals surface area (Å²) in [6.07, 6.45) is -6.31. The van der Waals surface area contributed by atoms with Crippen LogP contribution in [0.5, 0.6) is 0 Å². The standard InChI is InChI=1S/C23H30O11/c1-9(2)11-6-12-22-8-32-23(20(30)31-5,17(22)15(19(29)34-12)33-10(3)24)18(28)14(27)16(22)21(11,4)7-13(25)26/h11-12,14-18,27-28H,1,6-8H2,2-5H3,(H,25,26)/t11-,12+,14+,15+,16+,17-,18-,21-,22+,23+/m0/s1. The van der Waals surface area contributed by atoms with Crippen LogP contribution in [-0.2, 0) is 38.1 Å². The molecule has 0 radical (unpaired) electrons. The zero-order valence-electron chi connectivity index (χ0n) is 19.5. The van der Waals surface area contributed by atoms with E-state index in [-0.39, 0.29) is 13.0 Å². The number of rotatable bonds is 5. The van der Waals surface area contributed by atoms with Crippen LogP contribution in [0.1, 0.15) is 33.6 Å². The molecule has 0 aromatic rings. The number of carbonyl (C=O) groups is 4. The van der Waals surface area contributed by atoms with Gasteiger partial charge < -0.3 is 34.3 Å². The van der Waals surface area contributed by atoms with Crippen LogP contribution in [-0.4, -0.2) is 82.9 Å². The highest BCUT2D eigenvalue weighted by Gasteiger charge is 2.84. The Kier molecular flexibility index (Phi) is 5.62. The molecule has 4 rings (SSSR count). The van der Waals surface area contributed by atoms with Crippen molar-refractivity contribution in [3.05, 3.63) is 12.2 Å². The first-order valence-electron chi connectivity index (χ1n) is 11.1. The maximum Gasteiger partial charge on any atom is 0.348 e. The van der Waals surface area contributed by atoms with Gasteiger partial charge in [0.25, 0.3) is 0 Å². The molecule has 2 bridgehead atoms. The van der Waals surface area contributed by atoms with Crippen molar-refractivity contribution < 1.29 is 53.4 Å². The highest BCUT2D eigenvalue weighted by atomic mass is 16.6. The van der Waals surface area contributed by atoms with Crippen molar-refractivity contribution in [2.45, 2.75) is 63.6 Å². The summed E-state index contributed by atoms with van der Waals surface area (Å²) in [4.78, 5) is 50.1. The maximum atomic E-state index is 13.1. The zero-order valence-corrected chi connectivity index (χ0v) is 19.5. The minimum Gasteiger partial charge on any atom is -0.481 e. The summed E-state index contributed by atoms with van der Waals surface area (Å²) in [6.45, 7) is 8.25. The highest BCUT2D eigenvalue weighted by molar-refractivity contribution is 5.87. The van der Waals surface area contributed by atoms with Gasteiger partial charge in [-0.15, -0.1) is 0 Å². The quantitative estimate of drug-likeness (QED) is 0.270. The predicted octanol–water partition coefficient (Wildman–Crippen LogP) is -0.183. The molecule has 2 heterocycles. The van der Waals surface area contributed by atoms with Crippen molar-refractivity contribution in [1.82, 2.24) is 0 Å². The second-order valence-corrected chi connectivity index (χ2v) is 10.2. The van der Waals surface area contributed by atoms with Gasteiger partial charge in [0, 0.05) is 18.3 Å². The van der Waals surface area contributed by atoms with Crippen molar-refractivity contribution in [3.8, 4) is 0 Å². The van der Waals surface area contributed by atoms with Crippen molar-refractivity contribution in [2.24, 2.45) is 28.6 Å². The van der Waals surface area contributed by atoms with E-state index in [1.165, 1.54) is 0 Å². The summed E-state index contributed by atoms with van der Waals surface area (Å²) >= 11 is 0. The monoisotopic (exact) mass is 482 g/mol. The van der Waals surface area contributed by atoms with Gasteiger partial charge in [-0.3, -0.25) is 9.59 Å². The molecule has 0 aromatic heterocycles. The predicted molar refractivity (Wildman–Crippen MR) is 111 cm³/mol. The lowest BCUT2D eigenvalue weighted by Crippen LogP contribution is -2.79. The molecule has 0 unspecified atom stereocenters. The summed E-state index contributed by atoms with van der Waals surface area (Å²) in [6, 6.07) is 0. The van der Waals surface area contributed by atoms with Crippen LogP contribution in [0.4, 0.5) is 0 Å². The molecule has 1 spiro atoms. The molecule has 188 valence electrons. The first-order chi connectivity index (χ1) is 15.8. The van der Waals surface area contributed by atoms with E-state index in [9.17, 15) is 34.5 Å². The van der Waals surface area contributed by atoms with Crippen molar-refractivity contribution in [1.29, 1.82) is 0 Å². The fourth-order valence-electron chi connectivity index (χ4n) is 7.64. The molecule has 4 fully saturated rings. The molecule has 4 aliphatic rings. The second kappa shape index (κ2) is 7.76. The number of carbonyl (C=O) groups excluding carboxylic acids is 3. The summed E-state index contributed by atoms with van der Waals surface area (Å²) in [5.41, 5.74) is -4.11. The number of aliphatic hydroxyl groups is 2. The van der Waals surface area contributed by atoms with Gasteiger partial charge in [0.1, 0.15) is 12.2 Å². The first-order valence-corrected chi connectivity index (χ1v) is 11.1. The molecule has 2 saturated heterocycles. The van der Waals surface area contributed by atoms with Crippen molar-refractivity contribution in [3.63, 3.8) is 0 Å². The molecule has 34 heavy (non-hydrogen) atoms. The van der Waals surface area contributed by atoms with Gasteiger partial charge in [-0.2, -0.15) is 0 Å². The van der Waals surface area contributed by atoms with Crippen LogP contribution in [0.25, 0.3) is 0 Å². The average molecular weight is 482 g/mol. The SMILES string of the molecule is C=C(C)[C@@H]1C[C@H]2OC(=O)[C@H](OC(C)=O)[C@@H]3[C@@]4(C(=O)OC)OC[C@@]32[C@H]([C@@H](O)[C@@H]4O)[C@@]1(C)CC(=O)O. The van der Waals surface area contributed by atoms with E-state index in [4.69, 9.17) is 18.9 Å². The van der Waals surface area contributed by atoms with E-state index >= 15 is 0 Å². The van der Waals surface area contributed by atoms with Crippen LogP contribution in [0, 0.1) is 28.6 Å². The third-order valence-electron chi connectivity index (χ3n) is 8.56. The van der Waals surface area contributed by atoms with Gasteiger partial charge in [-0.25, -0.2) is 9.59 Å². The Balaban J connectivity index is 2.02. The van der Waals surface area contributed by atoms with E-state index in [1.54, 1.807) is 13.8 Å². The normalized spacial score (nSPS) is 46.6. The third-order valence-corrected chi connectivity index (χ3v) is 8.56. The molecule has 0 aromatic carbocycles.